The van der Waals surface area contributed by atoms with E-state index < -0.39 is 0 Å². The second kappa shape index (κ2) is 4.43. The van der Waals surface area contributed by atoms with E-state index in [9.17, 15) is 0 Å². The van der Waals surface area contributed by atoms with Gasteiger partial charge in [-0.2, -0.15) is 5.10 Å². The fourth-order valence-corrected chi connectivity index (χ4v) is 1.72. The SMILES string of the molecule is Clc1ccc(CSc2ncc[nH]2)nn1. The van der Waals surface area contributed by atoms with Gasteiger partial charge in [0.1, 0.15) is 0 Å². The van der Waals surface area contributed by atoms with E-state index in [0.717, 1.165) is 16.6 Å². The Morgan fingerprint density at radius 3 is 2.93 bits per heavy atom. The highest BCUT2D eigenvalue weighted by molar-refractivity contribution is 7.98. The summed E-state index contributed by atoms with van der Waals surface area (Å²) in [6, 6.07) is 3.58. The Bertz CT molecular complexity index is 386. The van der Waals surface area contributed by atoms with Gasteiger partial charge in [0.25, 0.3) is 0 Å². The molecule has 2 heterocycles. The summed E-state index contributed by atoms with van der Waals surface area (Å²) in [6.45, 7) is 0. The third-order valence-corrected chi connectivity index (χ3v) is 2.66. The molecule has 0 aliphatic carbocycles. The average Bonchev–Trinajstić information content (AvgIpc) is 2.70. The minimum absolute atomic E-state index is 0.414. The summed E-state index contributed by atoms with van der Waals surface area (Å²) in [5, 5.41) is 8.97. The molecule has 0 spiro atoms. The fourth-order valence-electron chi connectivity index (χ4n) is 0.893. The predicted molar refractivity (Wildman–Crippen MR) is 55.2 cm³/mol. The number of aromatic nitrogens is 4. The molecule has 0 radical (unpaired) electrons. The van der Waals surface area contributed by atoms with Crippen molar-refractivity contribution in [3.8, 4) is 0 Å². The molecule has 0 bridgehead atoms. The second-order valence-corrected chi connectivity index (χ2v) is 3.88. The Kier molecular flexibility index (Phi) is 3.00. The number of nitrogens with zero attached hydrogens (tertiary/aromatic N) is 3. The van der Waals surface area contributed by atoms with Crippen LogP contribution in [-0.4, -0.2) is 20.2 Å². The Hall–Kier alpha value is -1.07. The lowest BCUT2D eigenvalue weighted by Crippen LogP contribution is -1.90. The summed E-state index contributed by atoms with van der Waals surface area (Å²) in [4.78, 5) is 7.08. The molecular weight excluding hydrogens is 220 g/mol. The number of imidazole rings is 1. The van der Waals surface area contributed by atoms with E-state index in [0.29, 0.717) is 5.15 Å². The van der Waals surface area contributed by atoms with Gasteiger partial charge in [0.2, 0.25) is 0 Å². The normalized spacial score (nSPS) is 10.4. The molecule has 0 unspecified atom stereocenters. The predicted octanol–water partition coefficient (Wildman–Crippen LogP) is 2.15. The number of H-pyrrole nitrogens is 1. The molecule has 0 atom stereocenters. The Balaban J connectivity index is 1.95. The zero-order valence-electron chi connectivity index (χ0n) is 7.14. The maximum absolute atomic E-state index is 5.61. The van der Waals surface area contributed by atoms with Crippen LogP contribution in [0.15, 0.2) is 29.7 Å². The number of rotatable bonds is 3. The van der Waals surface area contributed by atoms with E-state index in [-0.39, 0.29) is 0 Å². The molecule has 72 valence electrons. The van der Waals surface area contributed by atoms with E-state index in [1.165, 1.54) is 0 Å². The van der Waals surface area contributed by atoms with Crippen LogP contribution in [0.5, 0.6) is 0 Å². The molecule has 1 N–H and O–H groups in total. The zero-order valence-corrected chi connectivity index (χ0v) is 8.72. The smallest absolute Gasteiger partial charge is 0.165 e. The summed E-state index contributed by atoms with van der Waals surface area (Å²) in [6.07, 6.45) is 3.51. The van der Waals surface area contributed by atoms with Crippen LogP contribution >= 0.6 is 23.4 Å². The number of nitrogens with one attached hydrogen (secondary N) is 1. The minimum Gasteiger partial charge on any atom is -0.340 e. The Labute approximate surface area is 90.1 Å². The summed E-state index contributed by atoms with van der Waals surface area (Å²) in [5.41, 5.74) is 0.885. The maximum atomic E-state index is 5.61. The molecule has 6 heteroatoms. The van der Waals surface area contributed by atoms with Gasteiger partial charge in [0.05, 0.1) is 5.69 Å². The molecule has 0 aliphatic rings. The molecule has 2 rings (SSSR count). The number of halogens is 1. The fraction of sp³-hybridized carbons (Fsp3) is 0.125. The molecule has 0 amide bonds. The minimum atomic E-state index is 0.414. The molecule has 0 fully saturated rings. The zero-order chi connectivity index (χ0) is 9.80. The van der Waals surface area contributed by atoms with Gasteiger partial charge in [-0.05, 0) is 12.1 Å². The van der Waals surface area contributed by atoms with Crippen molar-refractivity contribution in [1.29, 1.82) is 0 Å². The highest BCUT2D eigenvalue weighted by atomic mass is 35.5. The number of thioether (sulfide) groups is 1. The largest absolute Gasteiger partial charge is 0.340 e. The molecule has 4 nitrogen and oxygen atoms in total. The van der Waals surface area contributed by atoms with Crippen molar-refractivity contribution in [3.05, 3.63) is 35.4 Å². The van der Waals surface area contributed by atoms with Crippen LogP contribution in [0.2, 0.25) is 5.15 Å². The van der Waals surface area contributed by atoms with Crippen molar-refractivity contribution in [2.24, 2.45) is 0 Å². The highest BCUT2D eigenvalue weighted by Crippen LogP contribution is 2.17. The van der Waals surface area contributed by atoms with Gasteiger partial charge < -0.3 is 4.98 Å². The Morgan fingerprint density at radius 1 is 1.36 bits per heavy atom. The van der Waals surface area contributed by atoms with Gasteiger partial charge in [0, 0.05) is 18.1 Å². The summed E-state index contributed by atoms with van der Waals surface area (Å²) < 4.78 is 0. The van der Waals surface area contributed by atoms with Gasteiger partial charge in [-0.1, -0.05) is 23.4 Å². The molecule has 0 aromatic carbocycles. The molecule has 0 saturated carbocycles. The number of hydrogen-bond acceptors (Lipinski definition) is 4. The lowest BCUT2D eigenvalue weighted by atomic mass is 10.4. The first kappa shape index (κ1) is 9.48. The Morgan fingerprint density at radius 2 is 2.29 bits per heavy atom. The van der Waals surface area contributed by atoms with Crippen molar-refractivity contribution < 1.29 is 0 Å². The summed E-state index contributed by atoms with van der Waals surface area (Å²) >= 11 is 7.19. The highest BCUT2D eigenvalue weighted by Gasteiger charge is 1.99. The second-order valence-electron chi connectivity index (χ2n) is 2.53. The van der Waals surface area contributed by atoms with E-state index in [1.807, 2.05) is 6.07 Å². The van der Waals surface area contributed by atoms with E-state index in [2.05, 4.69) is 20.2 Å². The standard InChI is InChI=1S/C8H7ClN4S/c9-7-2-1-6(12-13-7)5-14-8-10-3-4-11-8/h1-4H,5H2,(H,10,11). The average molecular weight is 227 g/mol. The first-order chi connectivity index (χ1) is 6.84. The third kappa shape index (κ3) is 2.46. The lowest BCUT2D eigenvalue weighted by molar-refractivity contribution is 0.967. The molecule has 14 heavy (non-hydrogen) atoms. The topological polar surface area (TPSA) is 54.5 Å². The van der Waals surface area contributed by atoms with Gasteiger partial charge in [-0.15, -0.1) is 5.10 Å². The van der Waals surface area contributed by atoms with Crippen molar-refractivity contribution >= 4 is 23.4 Å². The van der Waals surface area contributed by atoms with E-state index >= 15 is 0 Å². The van der Waals surface area contributed by atoms with Crippen molar-refractivity contribution in [2.75, 3.05) is 0 Å². The third-order valence-electron chi connectivity index (χ3n) is 1.52. The van der Waals surface area contributed by atoms with Gasteiger partial charge >= 0.3 is 0 Å². The summed E-state index contributed by atoms with van der Waals surface area (Å²) in [5.74, 6) is 0.734. The molecular formula is C8H7ClN4S. The van der Waals surface area contributed by atoms with Crippen LogP contribution in [-0.2, 0) is 5.75 Å². The van der Waals surface area contributed by atoms with E-state index in [1.54, 1.807) is 30.2 Å². The number of aromatic amines is 1. The van der Waals surface area contributed by atoms with Crippen molar-refractivity contribution in [2.45, 2.75) is 10.9 Å². The first-order valence-corrected chi connectivity index (χ1v) is 5.31. The van der Waals surface area contributed by atoms with Crippen LogP contribution in [0, 0.1) is 0 Å². The quantitative estimate of drug-likeness (QED) is 0.815. The monoisotopic (exact) mass is 226 g/mol. The lowest BCUT2D eigenvalue weighted by Gasteiger charge is -1.96. The van der Waals surface area contributed by atoms with Crippen LogP contribution in [0.25, 0.3) is 0 Å². The van der Waals surface area contributed by atoms with Crippen molar-refractivity contribution in [1.82, 2.24) is 20.2 Å². The maximum Gasteiger partial charge on any atom is 0.165 e. The molecule has 0 saturated heterocycles. The van der Waals surface area contributed by atoms with E-state index in [4.69, 9.17) is 11.6 Å². The molecule has 2 aromatic heterocycles. The van der Waals surface area contributed by atoms with Crippen LogP contribution < -0.4 is 0 Å². The molecule has 0 aliphatic heterocycles. The van der Waals surface area contributed by atoms with Crippen LogP contribution in [0.1, 0.15) is 5.69 Å². The van der Waals surface area contributed by atoms with Gasteiger partial charge in [0.15, 0.2) is 10.3 Å². The first-order valence-electron chi connectivity index (χ1n) is 3.95. The van der Waals surface area contributed by atoms with Crippen LogP contribution in [0.3, 0.4) is 0 Å². The van der Waals surface area contributed by atoms with Gasteiger partial charge in [-0.25, -0.2) is 4.98 Å². The molecule has 2 aromatic rings. The number of hydrogen-bond donors (Lipinski definition) is 1. The summed E-state index contributed by atoms with van der Waals surface area (Å²) in [7, 11) is 0. The van der Waals surface area contributed by atoms with Gasteiger partial charge in [-0.3, -0.25) is 0 Å². The van der Waals surface area contributed by atoms with Crippen LogP contribution in [0.4, 0.5) is 0 Å². The van der Waals surface area contributed by atoms with Crippen molar-refractivity contribution in [3.63, 3.8) is 0 Å².